The number of nitrogens with two attached hydrogens (primary N) is 2. The van der Waals surface area contributed by atoms with Gasteiger partial charge in [0.1, 0.15) is 10.3 Å². The number of hydrogen-bond acceptors (Lipinski definition) is 5. The SMILES string of the molecule is Cc1cc(-c2ccc3nc(N)sc3n2)ccc1C(N)=O. The Morgan fingerprint density at radius 1 is 1.20 bits per heavy atom. The van der Waals surface area contributed by atoms with Crippen LogP contribution < -0.4 is 11.5 Å². The van der Waals surface area contributed by atoms with Gasteiger partial charge in [-0.25, -0.2) is 9.97 Å². The van der Waals surface area contributed by atoms with Gasteiger partial charge in [-0.05, 0) is 36.8 Å². The van der Waals surface area contributed by atoms with Crippen molar-refractivity contribution in [1.82, 2.24) is 9.97 Å². The Balaban J connectivity index is 2.10. The van der Waals surface area contributed by atoms with Crippen LogP contribution in [0.3, 0.4) is 0 Å². The van der Waals surface area contributed by atoms with Crippen molar-refractivity contribution in [3.05, 3.63) is 41.5 Å². The van der Waals surface area contributed by atoms with Gasteiger partial charge >= 0.3 is 0 Å². The van der Waals surface area contributed by atoms with E-state index in [0.29, 0.717) is 10.7 Å². The first-order valence-electron chi connectivity index (χ1n) is 5.98. The van der Waals surface area contributed by atoms with Gasteiger partial charge in [0.15, 0.2) is 5.13 Å². The second-order valence-electron chi connectivity index (χ2n) is 4.47. The lowest BCUT2D eigenvalue weighted by atomic mass is 10.0. The number of rotatable bonds is 2. The fourth-order valence-electron chi connectivity index (χ4n) is 2.09. The fourth-order valence-corrected chi connectivity index (χ4v) is 2.80. The lowest BCUT2D eigenvalue weighted by molar-refractivity contribution is 0.1000. The van der Waals surface area contributed by atoms with E-state index in [4.69, 9.17) is 11.5 Å². The molecule has 3 aromatic rings. The molecule has 0 atom stereocenters. The third-order valence-electron chi connectivity index (χ3n) is 3.06. The van der Waals surface area contributed by atoms with E-state index in [0.717, 1.165) is 27.2 Å². The summed E-state index contributed by atoms with van der Waals surface area (Å²) >= 11 is 1.35. The summed E-state index contributed by atoms with van der Waals surface area (Å²) in [5.41, 5.74) is 14.9. The highest BCUT2D eigenvalue weighted by Gasteiger charge is 2.09. The van der Waals surface area contributed by atoms with Gasteiger partial charge in [-0.1, -0.05) is 17.4 Å². The molecular weight excluding hydrogens is 272 g/mol. The average Bonchev–Trinajstić information content (AvgIpc) is 2.77. The number of nitrogen functional groups attached to an aromatic ring is 1. The highest BCUT2D eigenvalue weighted by molar-refractivity contribution is 7.21. The molecule has 100 valence electrons. The van der Waals surface area contributed by atoms with E-state index >= 15 is 0 Å². The molecule has 0 aliphatic heterocycles. The minimum Gasteiger partial charge on any atom is -0.375 e. The van der Waals surface area contributed by atoms with Crippen LogP contribution >= 0.6 is 11.3 Å². The Morgan fingerprint density at radius 2 is 2.00 bits per heavy atom. The summed E-state index contributed by atoms with van der Waals surface area (Å²) in [6.45, 7) is 1.85. The van der Waals surface area contributed by atoms with E-state index in [1.54, 1.807) is 6.07 Å². The van der Waals surface area contributed by atoms with Gasteiger partial charge < -0.3 is 11.5 Å². The maximum Gasteiger partial charge on any atom is 0.248 e. The lowest BCUT2D eigenvalue weighted by Gasteiger charge is -2.05. The van der Waals surface area contributed by atoms with Crippen molar-refractivity contribution >= 4 is 32.7 Å². The molecule has 0 fully saturated rings. The maximum atomic E-state index is 11.2. The number of aromatic nitrogens is 2. The smallest absolute Gasteiger partial charge is 0.248 e. The van der Waals surface area contributed by atoms with Gasteiger partial charge in [0, 0.05) is 11.1 Å². The van der Waals surface area contributed by atoms with Crippen molar-refractivity contribution in [2.24, 2.45) is 5.73 Å². The van der Waals surface area contributed by atoms with E-state index in [1.165, 1.54) is 11.3 Å². The van der Waals surface area contributed by atoms with Crippen molar-refractivity contribution < 1.29 is 4.79 Å². The molecule has 0 bridgehead atoms. The van der Waals surface area contributed by atoms with E-state index in [-0.39, 0.29) is 0 Å². The number of amides is 1. The van der Waals surface area contributed by atoms with E-state index in [9.17, 15) is 4.79 Å². The third-order valence-corrected chi connectivity index (χ3v) is 3.85. The van der Waals surface area contributed by atoms with Crippen molar-refractivity contribution in [3.8, 4) is 11.3 Å². The quantitative estimate of drug-likeness (QED) is 0.755. The maximum absolute atomic E-state index is 11.2. The molecule has 0 aliphatic rings. The highest BCUT2D eigenvalue weighted by Crippen LogP contribution is 2.26. The number of thiazole rings is 1. The van der Waals surface area contributed by atoms with Crippen LogP contribution in [0.25, 0.3) is 21.6 Å². The molecule has 0 saturated carbocycles. The van der Waals surface area contributed by atoms with Crippen LogP contribution in [0.1, 0.15) is 15.9 Å². The first-order chi connectivity index (χ1) is 9.54. The highest BCUT2D eigenvalue weighted by atomic mass is 32.1. The summed E-state index contributed by atoms with van der Waals surface area (Å²) in [7, 11) is 0. The van der Waals surface area contributed by atoms with Gasteiger partial charge in [-0.2, -0.15) is 0 Å². The van der Waals surface area contributed by atoms with Crippen molar-refractivity contribution in [2.45, 2.75) is 6.92 Å². The summed E-state index contributed by atoms with van der Waals surface area (Å²) in [6.07, 6.45) is 0. The summed E-state index contributed by atoms with van der Waals surface area (Å²) in [6, 6.07) is 9.24. The average molecular weight is 284 g/mol. The Hall–Kier alpha value is -2.47. The molecule has 0 unspecified atom stereocenters. The van der Waals surface area contributed by atoms with Crippen LogP contribution in [0.4, 0.5) is 5.13 Å². The van der Waals surface area contributed by atoms with Gasteiger partial charge in [0.25, 0.3) is 0 Å². The minimum absolute atomic E-state index is 0.423. The first-order valence-corrected chi connectivity index (χ1v) is 6.80. The number of nitrogens with zero attached hydrogens (tertiary/aromatic N) is 2. The zero-order valence-corrected chi connectivity index (χ0v) is 11.6. The van der Waals surface area contributed by atoms with E-state index in [2.05, 4.69) is 9.97 Å². The van der Waals surface area contributed by atoms with Crippen molar-refractivity contribution in [3.63, 3.8) is 0 Å². The molecule has 1 amide bonds. The van der Waals surface area contributed by atoms with Gasteiger partial charge in [-0.15, -0.1) is 0 Å². The van der Waals surface area contributed by atoms with E-state index < -0.39 is 5.91 Å². The Bertz CT molecular complexity index is 825. The van der Waals surface area contributed by atoms with Gasteiger partial charge in [0.2, 0.25) is 5.91 Å². The number of carbonyl (C=O) groups is 1. The molecular formula is C14H12N4OS. The molecule has 20 heavy (non-hydrogen) atoms. The number of benzene rings is 1. The van der Waals surface area contributed by atoms with Crippen LogP contribution in [-0.4, -0.2) is 15.9 Å². The predicted octanol–water partition coefficient (Wildman–Crippen LogP) is 2.35. The molecule has 1 aromatic carbocycles. The molecule has 0 spiro atoms. The zero-order chi connectivity index (χ0) is 14.3. The molecule has 0 radical (unpaired) electrons. The molecule has 0 saturated heterocycles. The summed E-state index contributed by atoms with van der Waals surface area (Å²) in [5, 5.41) is 0.505. The van der Waals surface area contributed by atoms with Gasteiger partial charge in [-0.3, -0.25) is 4.79 Å². The van der Waals surface area contributed by atoms with E-state index in [1.807, 2.05) is 31.2 Å². The number of primary amides is 1. The van der Waals surface area contributed by atoms with Crippen LogP contribution in [0, 0.1) is 6.92 Å². The van der Waals surface area contributed by atoms with Crippen LogP contribution in [-0.2, 0) is 0 Å². The molecule has 6 heteroatoms. The normalized spacial score (nSPS) is 10.8. The van der Waals surface area contributed by atoms with Crippen molar-refractivity contribution in [2.75, 3.05) is 5.73 Å². The number of pyridine rings is 1. The van der Waals surface area contributed by atoms with Crippen molar-refractivity contribution in [1.29, 1.82) is 0 Å². The minimum atomic E-state index is -0.423. The topological polar surface area (TPSA) is 94.9 Å². The van der Waals surface area contributed by atoms with Gasteiger partial charge in [0.05, 0.1) is 5.69 Å². The summed E-state index contributed by atoms with van der Waals surface area (Å²) in [4.78, 5) is 20.8. The largest absolute Gasteiger partial charge is 0.375 e. The number of aryl methyl sites for hydroxylation is 1. The lowest BCUT2D eigenvalue weighted by Crippen LogP contribution is -2.12. The molecule has 5 nitrogen and oxygen atoms in total. The molecule has 3 rings (SSSR count). The third kappa shape index (κ3) is 2.10. The summed E-state index contributed by atoms with van der Waals surface area (Å²) < 4.78 is 0. The number of fused-ring (bicyclic) bond motifs is 1. The standard InChI is InChI=1S/C14H12N4OS/c1-7-6-8(2-3-9(7)12(15)19)10-4-5-11-13(17-10)20-14(16)18-11/h2-6H,1H3,(H2,15,19)(H2,16,18). The number of anilines is 1. The first kappa shape index (κ1) is 12.6. The predicted molar refractivity (Wildman–Crippen MR) is 80.5 cm³/mol. The Labute approximate surface area is 119 Å². The van der Waals surface area contributed by atoms with Crippen LogP contribution in [0.5, 0.6) is 0 Å². The molecule has 0 aliphatic carbocycles. The number of hydrogen-bond donors (Lipinski definition) is 2. The number of carbonyl (C=O) groups excluding carboxylic acids is 1. The Morgan fingerprint density at radius 3 is 2.70 bits per heavy atom. The van der Waals surface area contributed by atoms with Crippen LogP contribution in [0.15, 0.2) is 30.3 Å². The second-order valence-corrected chi connectivity index (χ2v) is 5.48. The second kappa shape index (κ2) is 4.57. The Kier molecular flexibility index (Phi) is 2.87. The zero-order valence-electron chi connectivity index (χ0n) is 10.8. The van der Waals surface area contributed by atoms with Crippen LogP contribution in [0.2, 0.25) is 0 Å². The molecule has 2 aromatic heterocycles. The summed E-state index contributed by atoms with van der Waals surface area (Å²) in [5.74, 6) is -0.423. The molecule has 2 heterocycles. The molecule has 4 N–H and O–H groups in total. The fraction of sp³-hybridized carbons (Fsp3) is 0.0714. The monoisotopic (exact) mass is 284 g/mol.